The summed E-state index contributed by atoms with van der Waals surface area (Å²) in [6.07, 6.45) is 2.04. The highest BCUT2D eigenvalue weighted by atomic mass is 79.9. The molecule has 1 aliphatic rings. The zero-order valence-corrected chi connectivity index (χ0v) is 15.6. The van der Waals surface area contributed by atoms with Gasteiger partial charge in [-0.05, 0) is 68.9 Å². The van der Waals surface area contributed by atoms with Gasteiger partial charge in [0.05, 0.1) is 12.2 Å². The molecule has 0 bridgehead atoms. The molecule has 0 aromatic heterocycles. The molecule has 5 heteroatoms. The summed E-state index contributed by atoms with van der Waals surface area (Å²) in [7, 11) is 0. The summed E-state index contributed by atoms with van der Waals surface area (Å²) < 4.78 is 0.798. The van der Waals surface area contributed by atoms with Gasteiger partial charge in [0.25, 0.3) is 5.91 Å². The highest BCUT2D eigenvalue weighted by molar-refractivity contribution is 9.10. The van der Waals surface area contributed by atoms with Crippen LogP contribution in [0, 0.1) is 0 Å². The molecular weight excluding hydrogens is 392 g/mol. The fourth-order valence-electron chi connectivity index (χ4n) is 3.46. The van der Waals surface area contributed by atoms with E-state index in [2.05, 4.69) is 32.6 Å². The van der Waals surface area contributed by atoms with E-state index in [0.717, 1.165) is 22.7 Å². The van der Waals surface area contributed by atoms with Gasteiger partial charge in [0.2, 0.25) is 5.91 Å². The van der Waals surface area contributed by atoms with Gasteiger partial charge in [-0.25, -0.2) is 0 Å². The molecule has 3 aromatic carbocycles. The van der Waals surface area contributed by atoms with E-state index >= 15 is 0 Å². The Morgan fingerprint density at radius 1 is 0.923 bits per heavy atom. The Morgan fingerprint density at radius 2 is 1.69 bits per heavy atom. The van der Waals surface area contributed by atoms with Gasteiger partial charge >= 0.3 is 0 Å². The quantitative estimate of drug-likeness (QED) is 0.683. The van der Waals surface area contributed by atoms with Gasteiger partial charge < -0.3 is 10.6 Å². The monoisotopic (exact) mass is 408 g/mol. The number of rotatable bonds is 4. The number of carbonyl (C=O) groups excluding carboxylic acids is 2. The first-order chi connectivity index (χ1) is 12.6. The van der Waals surface area contributed by atoms with E-state index in [1.165, 1.54) is 16.5 Å². The second kappa shape index (κ2) is 6.92. The van der Waals surface area contributed by atoms with Gasteiger partial charge in [-0.1, -0.05) is 36.4 Å². The number of anilines is 1. The summed E-state index contributed by atoms with van der Waals surface area (Å²) >= 11 is 3.39. The summed E-state index contributed by atoms with van der Waals surface area (Å²) in [6.45, 7) is -0.0803. The van der Waals surface area contributed by atoms with Gasteiger partial charge in [0, 0.05) is 10.0 Å². The molecule has 0 radical (unpaired) electrons. The molecule has 0 saturated heterocycles. The molecular formula is C21H17BrN2O2. The molecule has 2 amide bonds. The molecule has 4 rings (SSSR count). The number of hydrogen-bond donors (Lipinski definition) is 2. The highest BCUT2D eigenvalue weighted by Gasteiger charge is 2.19. The fourth-order valence-corrected chi connectivity index (χ4v) is 3.84. The maximum atomic E-state index is 12.6. The number of nitrogens with one attached hydrogen (secondary N) is 2. The molecule has 0 fully saturated rings. The van der Waals surface area contributed by atoms with Crippen LogP contribution in [-0.4, -0.2) is 18.4 Å². The predicted octanol–water partition coefficient (Wildman–Crippen LogP) is 4.07. The van der Waals surface area contributed by atoms with Crippen LogP contribution in [-0.2, 0) is 17.6 Å². The van der Waals surface area contributed by atoms with Crippen LogP contribution in [0.5, 0.6) is 0 Å². The van der Waals surface area contributed by atoms with Gasteiger partial charge in [-0.15, -0.1) is 0 Å². The van der Waals surface area contributed by atoms with Crippen molar-refractivity contribution in [1.82, 2.24) is 5.32 Å². The van der Waals surface area contributed by atoms with E-state index in [0.29, 0.717) is 11.3 Å². The highest BCUT2D eigenvalue weighted by Crippen LogP contribution is 2.32. The molecule has 2 N–H and O–H groups in total. The third-order valence-corrected chi connectivity index (χ3v) is 5.37. The third-order valence-electron chi connectivity index (χ3n) is 4.68. The minimum Gasteiger partial charge on any atom is -0.343 e. The van der Waals surface area contributed by atoms with Crippen LogP contribution in [0.3, 0.4) is 0 Å². The number of aryl methyl sites for hydroxylation is 2. The van der Waals surface area contributed by atoms with E-state index in [1.54, 1.807) is 6.07 Å². The van der Waals surface area contributed by atoms with Crippen molar-refractivity contribution < 1.29 is 9.59 Å². The van der Waals surface area contributed by atoms with Crippen molar-refractivity contribution in [2.75, 3.05) is 11.9 Å². The average Bonchev–Trinajstić information content (AvgIpc) is 3.07. The van der Waals surface area contributed by atoms with Crippen LogP contribution in [0.15, 0.2) is 59.1 Å². The lowest BCUT2D eigenvalue weighted by atomic mass is 9.99. The molecule has 0 saturated carbocycles. The molecule has 0 heterocycles. The molecule has 0 unspecified atom stereocenters. The Bertz CT molecular complexity index is 1020. The lowest BCUT2D eigenvalue weighted by Crippen LogP contribution is -2.33. The average molecular weight is 409 g/mol. The van der Waals surface area contributed by atoms with Crippen LogP contribution in [0.1, 0.15) is 21.5 Å². The number of carbonyl (C=O) groups is 2. The molecule has 130 valence electrons. The Balaban J connectivity index is 1.49. The maximum absolute atomic E-state index is 12.6. The fraction of sp³-hybridized carbons (Fsp3) is 0.143. The van der Waals surface area contributed by atoms with Crippen molar-refractivity contribution >= 4 is 44.2 Å². The van der Waals surface area contributed by atoms with Crippen molar-refractivity contribution in [1.29, 1.82) is 0 Å². The van der Waals surface area contributed by atoms with Gasteiger partial charge in [0.1, 0.15) is 0 Å². The van der Waals surface area contributed by atoms with Crippen LogP contribution in [0.25, 0.3) is 10.8 Å². The first-order valence-corrected chi connectivity index (χ1v) is 9.29. The van der Waals surface area contributed by atoms with Gasteiger partial charge in [0.15, 0.2) is 0 Å². The van der Waals surface area contributed by atoms with Crippen molar-refractivity contribution in [3.05, 3.63) is 75.8 Å². The van der Waals surface area contributed by atoms with E-state index in [4.69, 9.17) is 0 Å². The smallest absolute Gasteiger partial charge is 0.252 e. The number of halogens is 1. The van der Waals surface area contributed by atoms with Crippen LogP contribution < -0.4 is 10.6 Å². The summed E-state index contributed by atoms with van der Waals surface area (Å²) in [4.78, 5) is 24.8. The Kier molecular flexibility index (Phi) is 4.47. The Hall–Kier alpha value is -2.66. The summed E-state index contributed by atoms with van der Waals surface area (Å²) in [5.74, 6) is -0.501. The molecule has 1 aliphatic carbocycles. The minimum absolute atomic E-state index is 0.0803. The summed E-state index contributed by atoms with van der Waals surface area (Å²) in [5, 5.41) is 7.66. The molecule has 3 aromatic rings. The molecule has 4 nitrogen and oxygen atoms in total. The zero-order chi connectivity index (χ0) is 18.1. The summed E-state index contributed by atoms with van der Waals surface area (Å²) in [5.41, 5.74) is 3.87. The minimum atomic E-state index is -0.267. The van der Waals surface area contributed by atoms with Crippen molar-refractivity contribution in [3.63, 3.8) is 0 Å². The second-order valence-electron chi connectivity index (χ2n) is 6.32. The lowest BCUT2D eigenvalue weighted by molar-refractivity contribution is -0.115. The van der Waals surface area contributed by atoms with E-state index in [1.807, 2.05) is 42.5 Å². The van der Waals surface area contributed by atoms with E-state index in [9.17, 15) is 9.59 Å². The predicted molar refractivity (Wildman–Crippen MR) is 106 cm³/mol. The van der Waals surface area contributed by atoms with Crippen LogP contribution in [0.4, 0.5) is 5.69 Å². The van der Waals surface area contributed by atoms with Crippen molar-refractivity contribution in [2.24, 2.45) is 0 Å². The van der Waals surface area contributed by atoms with Crippen LogP contribution in [0.2, 0.25) is 0 Å². The topological polar surface area (TPSA) is 58.2 Å². The maximum Gasteiger partial charge on any atom is 0.252 e. The van der Waals surface area contributed by atoms with E-state index in [-0.39, 0.29) is 18.4 Å². The lowest BCUT2D eigenvalue weighted by Gasteiger charge is -2.11. The van der Waals surface area contributed by atoms with Gasteiger partial charge in [-0.3, -0.25) is 9.59 Å². The third kappa shape index (κ3) is 3.10. The molecule has 0 atom stereocenters. The number of benzene rings is 3. The Morgan fingerprint density at radius 3 is 2.50 bits per heavy atom. The first kappa shape index (κ1) is 16.8. The van der Waals surface area contributed by atoms with E-state index < -0.39 is 0 Å². The molecule has 0 spiro atoms. The SMILES string of the molecule is O=C(CNC(=O)c1ccc2c3c(cccc13)CC2)Nc1ccccc1Br. The first-order valence-electron chi connectivity index (χ1n) is 8.49. The van der Waals surface area contributed by atoms with Crippen LogP contribution >= 0.6 is 15.9 Å². The number of para-hydroxylation sites is 1. The Labute approximate surface area is 159 Å². The van der Waals surface area contributed by atoms with Crippen molar-refractivity contribution in [3.8, 4) is 0 Å². The molecule has 26 heavy (non-hydrogen) atoms. The number of amides is 2. The molecule has 0 aliphatic heterocycles. The normalized spacial score (nSPS) is 12.2. The standard InChI is InChI=1S/C21H17BrN2O2/c22-17-6-1-2-7-18(17)24-19(25)12-23-21(26)16-11-10-14-9-8-13-4-3-5-15(16)20(13)14/h1-7,10-11H,8-9,12H2,(H,23,26)(H,24,25). The summed E-state index contributed by atoms with van der Waals surface area (Å²) in [6, 6.07) is 17.3. The van der Waals surface area contributed by atoms with Crippen molar-refractivity contribution in [2.45, 2.75) is 12.8 Å². The zero-order valence-electron chi connectivity index (χ0n) is 14.0. The second-order valence-corrected chi connectivity index (χ2v) is 7.18. The van der Waals surface area contributed by atoms with Gasteiger partial charge in [-0.2, -0.15) is 0 Å². The number of hydrogen-bond acceptors (Lipinski definition) is 2. The largest absolute Gasteiger partial charge is 0.343 e.